The average molecular weight is 452 g/mol. The molecule has 0 atom stereocenters. The van der Waals surface area contributed by atoms with Crippen molar-refractivity contribution in [2.45, 2.75) is 12.8 Å². The molecule has 0 saturated heterocycles. The lowest BCUT2D eigenvalue weighted by molar-refractivity contribution is -0.120. The smallest absolute Gasteiger partial charge is 0.338 e. The monoisotopic (exact) mass is 451 g/mol. The van der Waals surface area contributed by atoms with Crippen molar-refractivity contribution in [3.05, 3.63) is 82.4 Å². The van der Waals surface area contributed by atoms with Crippen LogP contribution in [0.2, 0.25) is 5.02 Å². The van der Waals surface area contributed by atoms with Gasteiger partial charge < -0.3 is 14.2 Å². The van der Waals surface area contributed by atoms with Gasteiger partial charge in [-0.2, -0.15) is 0 Å². The van der Waals surface area contributed by atoms with Gasteiger partial charge in [-0.05, 0) is 48.2 Å². The van der Waals surface area contributed by atoms with E-state index in [-0.39, 0.29) is 16.5 Å². The molecule has 0 radical (unpaired) electrons. The summed E-state index contributed by atoms with van der Waals surface area (Å²) in [5, 5.41) is 0.209. The van der Waals surface area contributed by atoms with Crippen LogP contribution in [-0.4, -0.2) is 32.7 Å². The van der Waals surface area contributed by atoms with Crippen LogP contribution >= 0.6 is 11.6 Å². The normalized spacial score (nSPS) is 12.3. The van der Waals surface area contributed by atoms with Crippen molar-refractivity contribution in [1.29, 1.82) is 0 Å². The molecule has 0 spiro atoms. The SMILES string of the molecule is COc1cc(C(=O)OCC(=O)N2c3ccccc3CCc3ccccc32)cc(Cl)c1OC. The number of para-hydroxylation sites is 2. The molecule has 1 aliphatic heterocycles. The Bertz CT molecular complexity index is 1130. The number of fused-ring (bicyclic) bond motifs is 2. The van der Waals surface area contributed by atoms with Crippen molar-refractivity contribution in [3.63, 3.8) is 0 Å². The average Bonchev–Trinajstić information content (AvgIpc) is 2.98. The Hall–Kier alpha value is -3.51. The van der Waals surface area contributed by atoms with Gasteiger partial charge in [0.15, 0.2) is 18.1 Å². The predicted octanol–water partition coefficient (Wildman–Crippen LogP) is 4.98. The van der Waals surface area contributed by atoms with Crippen LogP contribution in [-0.2, 0) is 22.4 Å². The van der Waals surface area contributed by atoms with Gasteiger partial charge in [0.2, 0.25) is 0 Å². The molecule has 0 aliphatic carbocycles. The third-order valence-electron chi connectivity index (χ3n) is 5.37. The Labute approximate surface area is 191 Å². The lowest BCUT2D eigenvalue weighted by Crippen LogP contribution is -2.31. The number of anilines is 2. The Kier molecular flexibility index (Phi) is 6.32. The molecule has 164 valence electrons. The number of nitrogens with zero attached hydrogens (tertiary/aromatic N) is 1. The Morgan fingerprint density at radius 1 is 0.906 bits per heavy atom. The van der Waals surface area contributed by atoms with Crippen molar-refractivity contribution in [2.24, 2.45) is 0 Å². The molecule has 7 heteroatoms. The van der Waals surface area contributed by atoms with Crippen LogP contribution in [0.3, 0.4) is 0 Å². The van der Waals surface area contributed by atoms with E-state index in [1.54, 1.807) is 4.90 Å². The number of ether oxygens (including phenoxy) is 3. The van der Waals surface area contributed by atoms with Crippen LogP contribution in [0.25, 0.3) is 0 Å². The predicted molar refractivity (Wildman–Crippen MR) is 122 cm³/mol. The minimum atomic E-state index is -0.683. The number of halogens is 1. The molecule has 3 aromatic rings. The second-order valence-electron chi connectivity index (χ2n) is 7.26. The van der Waals surface area contributed by atoms with E-state index in [0.29, 0.717) is 11.5 Å². The molecule has 0 unspecified atom stereocenters. The van der Waals surface area contributed by atoms with E-state index in [0.717, 1.165) is 35.3 Å². The van der Waals surface area contributed by atoms with Crippen LogP contribution in [0.1, 0.15) is 21.5 Å². The minimum absolute atomic E-state index is 0.164. The topological polar surface area (TPSA) is 65.1 Å². The van der Waals surface area contributed by atoms with Gasteiger partial charge in [-0.25, -0.2) is 4.79 Å². The molecule has 4 rings (SSSR count). The molecular formula is C25H22ClNO5. The van der Waals surface area contributed by atoms with Gasteiger partial charge in [-0.3, -0.25) is 9.69 Å². The molecule has 0 aromatic heterocycles. The zero-order chi connectivity index (χ0) is 22.7. The van der Waals surface area contributed by atoms with E-state index in [1.807, 2.05) is 48.5 Å². The molecule has 3 aromatic carbocycles. The second kappa shape index (κ2) is 9.32. The van der Waals surface area contributed by atoms with E-state index in [1.165, 1.54) is 26.4 Å². The second-order valence-corrected chi connectivity index (χ2v) is 7.66. The number of carbonyl (C=O) groups excluding carboxylic acids is 2. The molecule has 1 aliphatic rings. The van der Waals surface area contributed by atoms with Gasteiger partial charge in [-0.15, -0.1) is 0 Å². The zero-order valence-electron chi connectivity index (χ0n) is 17.8. The maximum Gasteiger partial charge on any atom is 0.338 e. The molecule has 0 saturated carbocycles. The van der Waals surface area contributed by atoms with Gasteiger partial charge in [0.25, 0.3) is 5.91 Å². The quantitative estimate of drug-likeness (QED) is 0.512. The first-order chi connectivity index (χ1) is 15.5. The minimum Gasteiger partial charge on any atom is -0.493 e. The number of benzene rings is 3. The van der Waals surface area contributed by atoms with Crippen molar-refractivity contribution < 1.29 is 23.8 Å². The van der Waals surface area contributed by atoms with Gasteiger partial charge in [0, 0.05) is 0 Å². The number of carbonyl (C=O) groups is 2. The highest BCUT2D eigenvalue weighted by atomic mass is 35.5. The fourth-order valence-electron chi connectivity index (χ4n) is 3.86. The first-order valence-corrected chi connectivity index (χ1v) is 10.5. The molecule has 1 heterocycles. The van der Waals surface area contributed by atoms with Crippen molar-refractivity contribution in [2.75, 3.05) is 25.7 Å². The maximum absolute atomic E-state index is 13.3. The summed E-state index contributed by atoms with van der Waals surface area (Å²) in [7, 11) is 2.90. The summed E-state index contributed by atoms with van der Waals surface area (Å²) < 4.78 is 15.8. The van der Waals surface area contributed by atoms with Gasteiger partial charge in [0.1, 0.15) is 0 Å². The zero-order valence-corrected chi connectivity index (χ0v) is 18.5. The Morgan fingerprint density at radius 2 is 1.50 bits per heavy atom. The van der Waals surface area contributed by atoms with E-state index in [4.69, 9.17) is 25.8 Å². The van der Waals surface area contributed by atoms with Crippen molar-refractivity contribution in [3.8, 4) is 11.5 Å². The third-order valence-corrected chi connectivity index (χ3v) is 5.65. The first kappa shape index (κ1) is 21.7. The summed E-state index contributed by atoms with van der Waals surface area (Å²) in [5.74, 6) is -0.405. The lowest BCUT2D eigenvalue weighted by Gasteiger charge is -2.24. The number of amides is 1. The standard InChI is InChI=1S/C25H22ClNO5/c1-30-22-14-18(13-19(26)24(22)31-2)25(29)32-15-23(28)27-20-9-5-3-7-16(20)11-12-17-8-4-6-10-21(17)27/h3-10,13-14H,11-12,15H2,1-2H3. The summed E-state index contributed by atoms with van der Waals surface area (Å²) in [6.07, 6.45) is 1.64. The first-order valence-electron chi connectivity index (χ1n) is 10.1. The molecule has 32 heavy (non-hydrogen) atoms. The molecule has 0 N–H and O–H groups in total. The molecule has 1 amide bonds. The number of aryl methyl sites for hydroxylation is 2. The summed E-state index contributed by atoms with van der Waals surface area (Å²) in [6.45, 7) is -0.423. The largest absolute Gasteiger partial charge is 0.493 e. The van der Waals surface area contributed by atoms with E-state index in [9.17, 15) is 9.59 Å². The van der Waals surface area contributed by atoms with E-state index in [2.05, 4.69) is 0 Å². The van der Waals surface area contributed by atoms with Crippen molar-refractivity contribution in [1.82, 2.24) is 0 Å². The molecule has 0 fully saturated rings. The summed E-state index contributed by atoms with van der Waals surface area (Å²) in [4.78, 5) is 27.6. The van der Waals surface area contributed by atoms with Gasteiger partial charge in [0.05, 0.1) is 36.2 Å². The van der Waals surface area contributed by atoms with Crippen LogP contribution in [0.4, 0.5) is 11.4 Å². The van der Waals surface area contributed by atoms with Crippen LogP contribution in [0, 0.1) is 0 Å². The highest BCUT2D eigenvalue weighted by Crippen LogP contribution is 2.37. The summed E-state index contributed by atoms with van der Waals surface area (Å²) in [5.41, 5.74) is 3.89. The number of hydrogen-bond donors (Lipinski definition) is 0. The fourth-order valence-corrected chi connectivity index (χ4v) is 4.15. The van der Waals surface area contributed by atoms with Crippen molar-refractivity contribution >= 4 is 34.9 Å². The highest BCUT2D eigenvalue weighted by Gasteiger charge is 2.26. The Balaban J connectivity index is 1.59. The van der Waals surface area contributed by atoms with Gasteiger partial charge >= 0.3 is 5.97 Å². The number of rotatable bonds is 5. The molecule has 6 nitrogen and oxygen atoms in total. The Morgan fingerprint density at radius 3 is 2.06 bits per heavy atom. The third kappa shape index (κ3) is 4.14. The van der Waals surface area contributed by atoms with Crippen LogP contribution in [0.15, 0.2) is 60.7 Å². The summed E-state index contributed by atoms with van der Waals surface area (Å²) >= 11 is 6.18. The van der Waals surface area contributed by atoms with E-state index < -0.39 is 12.6 Å². The van der Waals surface area contributed by atoms with E-state index >= 15 is 0 Å². The van der Waals surface area contributed by atoms with Gasteiger partial charge in [-0.1, -0.05) is 48.0 Å². The number of esters is 1. The lowest BCUT2D eigenvalue weighted by atomic mass is 10.0. The number of methoxy groups -OCH3 is 2. The number of hydrogen-bond acceptors (Lipinski definition) is 5. The molecule has 0 bridgehead atoms. The van der Waals surface area contributed by atoms with Crippen LogP contribution in [0.5, 0.6) is 11.5 Å². The molecular weight excluding hydrogens is 430 g/mol. The van der Waals surface area contributed by atoms with Crippen LogP contribution < -0.4 is 14.4 Å². The summed E-state index contributed by atoms with van der Waals surface area (Å²) in [6, 6.07) is 18.4. The highest BCUT2D eigenvalue weighted by molar-refractivity contribution is 6.32. The fraction of sp³-hybridized carbons (Fsp3) is 0.200. The maximum atomic E-state index is 13.3.